The van der Waals surface area contributed by atoms with Crippen LogP contribution in [0.25, 0.3) is 0 Å². The molecule has 0 bridgehead atoms. The summed E-state index contributed by atoms with van der Waals surface area (Å²) in [7, 11) is 1.73. The standard InChI is InChI=1S/C16H30N6O3/c1-3-17-15(18-6-9-22-14(23)12-19-16(22)24)20-13-4-7-21(8-5-13)10-11-25-2/h13H,3-12H2,1-2H3,(H,19,24)(H2,17,18,20). The van der Waals surface area contributed by atoms with Crippen molar-refractivity contribution in [1.82, 2.24) is 25.8 Å². The highest BCUT2D eigenvalue weighted by Crippen LogP contribution is 2.09. The third kappa shape index (κ3) is 6.17. The van der Waals surface area contributed by atoms with E-state index in [-0.39, 0.29) is 18.5 Å². The van der Waals surface area contributed by atoms with Gasteiger partial charge in [-0.3, -0.25) is 14.7 Å². The van der Waals surface area contributed by atoms with Gasteiger partial charge >= 0.3 is 6.03 Å². The lowest BCUT2D eigenvalue weighted by molar-refractivity contribution is -0.124. The summed E-state index contributed by atoms with van der Waals surface area (Å²) in [5.74, 6) is 0.548. The Labute approximate surface area is 149 Å². The van der Waals surface area contributed by atoms with Crippen LogP contribution in [0.1, 0.15) is 19.8 Å². The number of guanidine groups is 1. The average Bonchev–Trinajstić information content (AvgIpc) is 2.93. The van der Waals surface area contributed by atoms with Crippen molar-refractivity contribution in [2.24, 2.45) is 4.99 Å². The van der Waals surface area contributed by atoms with Gasteiger partial charge in [0.25, 0.3) is 0 Å². The van der Waals surface area contributed by atoms with Gasteiger partial charge in [-0.1, -0.05) is 0 Å². The van der Waals surface area contributed by atoms with Gasteiger partial charge in [0.15, 0.2) is 5.96 Å². The zero-order valence-electron chi connectivity index (χ0n) is 15.2. The number of likely N-dealkylation sites (tertiary alicyclic amines) is 1. The first-order valence-corrected chi connectivity index (χ1v) is 8.98. The molecule has 0 aromatic rings. The largest absolute Gasteiger partial charge is 0.383 e. The van der Waals surface area contributed by atoms with E-state index in [1.54, 1.807) is 7.11 Å². The SMILES string of the molecule is CCNC(=NCCN1C(=O)CNC1=O)NC1CCN(CCOC)CC1. The van der Waals surface area contributed by atoms with Gasteiger partial charge in [0.05, 0.1) is 26.2 Å². The number of hydrogen-bond donors (Lipinski definition) is 3. The second kappa shape index (κ2) is 10.2. The number of carbonyl (C=O) groups is 2. The molecule has 0 unspecified atom stereocenters. The average molecular weight is 354 g/mol. The van der Waals surface area contributed by atoms with Crippen LogP contribution in [0.4, 0.5) is 4.79 Å². The summed E-state index contributed by atoms with van der Waals surface area (Å²) < 4.78 is 5.13. The Bertz CT molecular complexity index is 460. The van der Waals surface area contributed by atoms with Crippen molar-refractivity contribution in [2.45, 2.75) is 25.8 Å². The molecular formula is C16H30N6O3. The molecule has 2 aliphatic rings. The van der Waals surface area contributed by atoms with Crippen LogP contribution < -0.4 is 16.0 Å². The van der Waals surface area contributed by atoms with Gasteiger partial charge in [-0.25, -0.2) is 4.79 Å². The first-order chi connectivity index (χ1) is 12.1. The highest BCUT2D eigenvalue weighted by molar-refractivity contribution is 6.01. The van der Waals surface area contributed by atoms with Crippen molar-refractivity contribution < 1.29 is 14.3 Å². The molecule has 9 heteroatoms. The quantitative estimate of drug-likeness (QED) is 0.300. The zero-order chi connectivity index (χ0) is 18.1. The predicted molar refractivity (Wildman–Crippen MR) is 95.6 cm³/mol. The molecule has 2 heterocycles. The van der Waals surface area contributed by atoms with E-state index < -0.39 is 0 Å². The Hall–Kier alpha value is -1.87. The van der Waals surface area contributed by atoms with Crippen molar-refractivity contribution in [3.63, 3.8) is 0 Å². The second-order valence-electron chi connectivity index (χ2n) is 6.22. The smallest absolute Gasteiger partial charge is 0.324 e. The number of aliphatic imine (C=N–C) groups is 1. The molecule has 0 aliphatic carbocycles. The van der Waals surface area contributed by atoms with Crippen molar-refractivity contribution in [1.29, 1.82) is 0 Å². The van der Waals surface area contributed by atoms with Crippen LogP contribution in [-0.4, -0.2) is 93.3 Å². The summed E-state index contributed by atoms with van der Waals surface area (Å²) in [5.41, 5.74) is 0. The third-order valence-corrected chi connectivity index (χ3v) is 4.41. The molecular weight excluding hydrogens is 324 g/mol. The summed E-state index contributed by atoms with van der Waals surface area (Å²) in [6.07, 6.45) is 2.11. The number of carbonyl (C=O) groups excluding carboxylic acids is 2. The maximum atomic E-state index is 11.6. The lowest BCUT2D eigenvalue weighted by Crippen LogP contribution is -2.49. The molecule has 0 spiro atoms. The van der Waals surface area contributed by atoms with Gasteiger partial charge < -0.3 is 25.6 Å². The zero-order valence-corrected chi connectivity index (χ0v) is 15.2. The monoisotopic (exact) mass is 354 g/mol. The molecule has 3 N–H and O–H groups in total. The number of amides is 3. The minimum Gasteiger partial charge on any atom is -0.383 e. The molecule has 0 radical (unpaired) electrons. The summed E-state index contributed by atoms with van der Waals surface area (Å²) in [6.45, 7) is 7.39. The Balaban J connectivity index is 1.76. The van der Waals surface area contributed by atoms with Crippen LogP contribution >= 0.6 is 0 Å². The Morgan fingerprint density at radius 1 is 1.32 bits per heavy atom. The number of rotatable bonds is 8. The Kier molecular flexibility index (Phi) is 7.93. The maximum absolute atomic E-state index is 11.6. The van der Waals surface area contributed by atoms with Crippen LogP contribution in [0.5, 0.6) is 0 Å². The molecule has 0 saturated carbocycles. The molecule has 0 aromatic carbocycles. The summed E-state index contributed by atoms with van der Waals surface area (Å²) >= 11 is 0. The van der Waals surface area contributed by atoms with E-state index in [0.717, 1.165) is 51.6 Å². The molecule has 0 atom stereocenters. The highest BCUT2D eigenvalue weighted by Gasteiger charge is 2.27. The van der Waals surface area contributed by atoms with E-state index in [9.17, 15) is 9.59 Å². The summed E-state index contributed by atoms with van der Waals surface area (Å²) in [6, 6.07) is 0.0508. The van der Waals surface area contributed by atoms with Crippen LogP contribution in [0, 0.1) is 0 Å². The van der Waals surface area contributed by atoms with Gasteiger partial charge in [-0.05, 0) is 19.8 Å². The highest BCUT2D eigenvalue weighted by atomic mass is 16.5. The lowest BCUT2D eigenvalue weighted by Gasteiger charge is -2.32. The van der Waals surface area contributed by atoms with Crippen molar-refractivity contribution >= 4 is 17.9 Å². The molecule has 25 heavy (non-hydrogen) atoms. The number of nitrogens with zero attached hydrogens (tertiary/aromatic N) is 3. The van der Waals surface area contributed by atoms with E-state index in [2.05, 4.69) is 25.8 Å². The number of hydrogen-bond acceptors (Lipinski definition) is 5. The Morgan fingerprint density at radius 3 is 2.68 bits per heavy atom. The number of urea groups is 1. The summed E-state index contributed by atoms with van der Waals surface area (Å²) in [5, 5.41) is 9.19. The Morgan fingerprint density at radius 2 is 2.08 bits per heavy atom. The van der Waals surface area contributed by atoms with Gasteiger partial charge in [-0.15, -0.1) is 0 Å². The third-order valence-electron chi connectivity index (χ3n) is 4.41. The van der Waals surface area contributed by atoms with E-state index in [1.807, 2.05) is 6.92 Å². The van der Waals surface area contributed by atoms with Gasteiger partial charge in [-0.2, -0.15) is 0 Å². The minimum absolute atomic E-state index is 0.0858. The molecule has 2 fully saturated rings. The molecule has 142 valence electrons. The number of methoxy groups -OCH3 is 1. The number of piperidine rings is 1. The van der Waals surface area contributed by atoms with Crippen LogP contribution in [0.3, 0.4) is 0 Å². The van der Waals surface area contributed by atoms with Crippen molar-refractivity contribution in [3.8, 4) is 0 Å². The topological polar surface area (TPSA) is 98.3 Å². The normalized spacial score (nSPS) is 20.1. The van der Waals surface area contributed by atoms with Gasteiger partial charge in [0, 0.05) is 39.3 Å². The summed E-state index contributed by atoms with van der Waals surface area (Å²) in [4.78, 5) is 31.2. The fourth-order valence-corrected chi connectivity index (χ4v) is 2.98. The number of ether oxygens (including phenoxy) is 1. The fourth-order valence-electron chi connectivity index (χ4n) is 2.98. The molecule has 0 aromatic heterocycles. The van der Waals surface area contributed by atoms with E-state index in [4.69, 9.17) is 4.74 Å². The molecule has 2 aliphatic heterocycles. The van der Waals surface area contributed by atoms with Crippen molar-refractivity contribution in [2.75, 3.05) is 59.5 Å². The van der Waals surface area contributed by atoms with Crippen molar-refractivity contribution in [3.05, 3.63) is 0 Å². The molecule has 2 saturated heterocycles. The predicted octanol–water partition coefficient (Wildman–Crippen LogP) is -0.796. The first-order valence-electron chi connectivity index (χ1n) is 8.98. The number of imide groups is 1. The second-order valence-corrected chi connectivity index (χ2v) is 6.22. The maximum Gasteiger partial charge on any atom is 0.324 e. The van der Waals surface area contributed by atoms with Crippen LogP contribution in [-0.2, 0) is 9.53 Å². The van der Waals surface area contributed by atoms with Gasteiger partial charge in [0.1, 0.15) is 0 Å². The lowest BCUT2D eigenvalue weighted by atomic mass is 10.1. The number of nitrogens with one attached hydrogen (secondary N) is 3. The minimum atomic E-state index is -0.332. The molecule has 3 amide bonds. The van der Waals surface area contributed by atoms with Gasteiger partial charge in [0.2, 0.25) is 5.91 Å². The molecule has 9 nitrogen and oxygen atoms in total. The van der Waals surface area contributed by atoms with E-state index in [0.29, 0.717) is 19.1 Å². The van der Waals surface area contributed by atoms with Crippen LogP contribution in [0.15, 0.2) is 4.99 Å². The fraction of sp³-hybridized carbons (Fsp3) is 0.812. The van der Waals surface area contributed by atoms with Crippen LogP contribution in [0.2, 0.25) is 0 Å². The van der Waals surface area contributed by atoms with E-state index >= 15 is 0 Å². The van der Waals surface area contributed by atoms with E-state index in [1.165, 1.54) is 4.90 Å². The molecule has 2 rings (SSSR count). The first kappa shape index (κ1) is 19.5.